The van der Waals surface area contributed by atoms with Crippen LogP contribution in [-0.2, 0) is 0 Å². The monoisotopic (exact) mass is 287 g/mol. The van der Waals surface area contributed by atoms with E-state index in [2.05, 4.69) is 35.4 Å². The first-order valence-electron chi connectivity index (χ1n) is 6.00. The van der Waals surface area contributed by atoms with Crippen LogP contribution in [0.15, 0.2) is 18.2 Å². The molecule has 1 unspecified atom stereocenters. The van der Waals surface area contributed by atoms with Crippen LogP contribution in [0.1, 0.15) is 30.1 Å². The zero-order valence-electron chi connectivity index (χ0n) is 10.4. The van der Waals surface area contributed by atoms with Gasteiger partial charge in [-0.05, 0) is 37.9 Å². The van der Waals surface area contributed by atoms with Crippen molar-refractivity contribution >= 4 is 35.8 Å². The lowest BCUT2D eigenvalue weighted by Crippen LogP contribution is -2.28. The Morgan fingerprint density at radius 1 is 1.28 bits per heavy atom. The number of imidazole rings is 1. The number of nitrogens with one attached hydrogen (secondary N) is 2. The normalized spacial score (nSPS) is 19.1. The molecule has 1 aromatic carbocycles. The molecule has 2 N–H and O–H groups in total. The maximum Gasteiger partial charge on any atom is 0.111 e. The van der Waals surface area contributed by atoms with E-state index in [0.717, 1.165) is 24.4 Å². The molecule has 1 atom stereocenters. The molecule has 0 spiro atoms. The second-order valence-corrected chi connectivity index (χ2v) is 4.64. The number of hydrogen-bond acceptors (Lipinski definition) is 2. The molecule has 2 aromatic rings. The third kappa shape index (κ3) is 2.79. The number of para-hydroxylation sites is 1. The van der Waals surface area contributed by atoms with E-state index in [1.54, 1.807) is 0 Å². The van der Waals surface area contributed by atoms with Gasteiger partial charge in [0.2, 0.25) is 0 Å². The van der Waals surface area contributed by atoms with Gasteiger partial charge in [0.1, 0.15) is 5.82 Å². The molecule has 100 valence electrons. The number of benzene rings is 1. The van der Waals surface area contributed by atoms with Gasteiger partial charge >= 0.3 is 0 Å². The van der Waals surface area contributed by atoms with Gasteiger partial charge in [-0.3, -0.25) is 0 Å². The molecule has 2 heterocycles. The van der Waals surface area contributed by atoms with Gasteiger partial charge in [0.15, 0.2) is 0 Å². The summed E-state index contributed by atoms with van der Waals surface area (Å²) in [5.41, 5.74) is 3.55. The van der Waals surface area contributed by atoms with Crippen LogP contribution in [0.3, 0.4) is 0 Å². The van der Waals surface area contributed by atoms with Gasteiger partial charge in [-0.25, -0.2) is 4.98 Å². The summed E-state index contributed by atoms with van der Waals surface area (Å²) >= 11 is 0. The van der Waals surface area contributed by atoms with Crippen molar-refractivity contribution < 1.29 is 0 Å². The highest BCUT2D eigenvalue weighted by Crippen LogP contribution is 2.24. The van der Waals surface area contributed by atoms with Gasteiger partial charge in [-0.1, -0.05) is 12.1 Å². The molecule has 1 saturated heterocycles. The molecular formula is C13H19Cl2N3. The van der Waals surface area contributed by atoms with Crippen LogP contribution < -0.4 is 5.32 Å². The fraction of sp³-hybridized carbons (Fsp3) is 0.462. The molecule has 18 heavy (non-hydrogen) atoms. The van der Waals surface area contributed by atoms with E-state index in [1.807, 2.05) is 0 Å². The standard InChI is InChI=1S/C13H17N3.2ClH/c1-9-4-2-6-11-12(9)16-13(15-11)10-5-3-7-14-8-10;;/h2,4,6,10,14H,3,5,7-8H2,1H3,(H,15,16);2*1H. The summed E-state index contributed by atoms with van der Waals surface area (Å²) in [4.78, 5) is 8.20. The van der Waals surface area contributed by atoms with Crippen LogP contribution in [-0.4, -0.2) is 23.1 Å². The lowest BCUT2D eigenvalue weighted by atomic mass is 9.99. The minimum absolute atomic E-state index is 0. The summed E-state index contributed by atoms with van der Waals surface area (Å²) in [6, 6.07) is 6.31. The average molecular weight is 288 g/mol. The van der Waals surface area contributed by atoms with Crippen LogP contribution in [0.2, 0.25) is 0 Å². The number of aromatic amines is 1. The zero-order valence-corrected chi connectivity index (χ0v) is 12.0. The molecule has 1 fully saturated rings. The molecule has 5 heteroatoms. The number of piperidine rings is 1. The molecule has 0 saturated carbocycles. The van der Waals surface area contributed by atoms with E-state index < -0.39 is 0 Å². The van der Waals surface area contributed by atoms with E-state index in [4.69, 9.17) is 4.98 Å². The van der Waals surface area contributed by atoms with Crippen molar-refractivity contribution in [3.63, 3.8) is 0 Å². The summed E-state index contributed by atoms with van der Waals surface area (Å²) in [6.07, 6.45) is 2.49. The number of fused-ring (bicyclic) bond motifs is 1. The van der Waals surface area contributed by atoms with E-state index >= 15 is 0 Å². The highest BCUT2D eigenvalue weighted by molar-refractivity contribution is 5.85. The van der Waals surface area contributed by atoms with Crippen LogP contribution >= 0.6 is 24.8 Å². The Hall–Kier alpha value is -0.770. The Morgan fingerprint density at radius 3 is 2.78 bits per heavy atom. The quantitative estimate of drug-likeness (QED) is 0.846. The second kappa shape index (κ2) is 6.41. The second-order valence-electron chi connectivity index (χ2n) is 4.64. The van der Waals surface area contributed by atoms with Crippen LogP contribution in [0.4, 0.5) is 0 Å². The smallest absolute Gasteiger partial charge is 0.111 e. The largest absolute Gasteiger partial charge is 0.342 e. The van der Waals surface area contributed by atoms with Crippen LogP contribution in [0.5, 0.6) is 0 Å². The van der Waals surface area contributed by atoms with Crippen molar-refractivity contribution in [2.45, 2.75) is 25.7 Å². The molecule has 0 amide bonds. The Balaban J connectivity index is 0.000000810. The predicted octanol–water partition coefficient (Wildman–Crippen LogP) is 3.18. The molecule has 1 aromatic heterocycles. The summed E-state index contributed by atoms with van der Waals surface area (Å²) in [5.74, 6) is 1.71. The highest BCUT2D eigenvalue weighted by atomic mass is 35.5. The number of nitrogens with zero attached hydrogens (tertiary/aromatic N) is 1. The van der Waals surface area contributed by atoms with Gasteiger partial charge in [0, 0.05) is 12.5 Å². The van der Waals surface area contributed by atoms with E-state index in [-0.39, 0.29) is 24.8 Å². The van der Waals surface area contributed by atoms with Gasteiger partial charge in [0.05, 0.1) is 11.0 Å². The van der Waals surface area contributed by atoms with Crippen molar-refractivity contribution in [2.75, 3.05) is 13.1 Å². The average Bonchev–Trinajstić information content (AvgIpc) is 2.76. The van der Waals surface area contributed by atoms with E-state index in [0.29, 0.717) is 5.92 Å². The SMILES string of the molecule is Cc1cccc2[nH]c(C3CCCNC3)nc12.Cl.Cl. The number of hydrogen-bond donors (Lipinski definition) is 2. The first-order chi connectivity index (χ1) is 7.84. The van der Waals surface area contributed by atoms with E-state index in [9.17, 15) is 0 Å². The van der Waals surface area contributed by atoms with Crippen LogP contribution in [0.25, 0.3) is 11.0 Å². The number of aryl methyl sites for hydroxylation is 1. The third-order valence-electron chi connectivity index (χ3n) is 3.42. The topological polar surface area (TPSA) is 40.7 Å². The highest BCUT2D eigenvalue weighted by Gasteiger charge is 2.18. The predicted molar refractivity (Wildman–Crippen MR) is 80.2 cm³/mol. The fourth-order valence-corrected chi connectivity index (χ4v) is 2.47. The Kier molecular flexibility index (Phi) is 5.45. The molecular weight excluding hydrogens is 269 g/mol. The van der Waals surface area contributed by atoms with Gasteiger partial charge in [-0.15, -0.1) is 24.8 Å². The van der Waals surface area contributed by atoms with Gasteiger partial charge < -0.3 is 10.3 Å². The Labute approximate surface area is 120 Å². The van der Waals surface area contributed by atoms with Crippen molar-refractivity contribution in [1.82, 2.24) is 15.3 Å². The zero-order chi connectivity index (χ0) is 11.0. The van der Waals surface area contributed by atoms with Crippen molar-refractivity contribution in [3.8, 4) is 0 Å². The lowest BCUT2D eigenvalue weighted by Gasteiger charge is -2.20. The number of H-pyrrole nitrogens is 1. The molecule has 1 aliphatic heterocycles. The van der Waals surface area contributed by atoms with Gasteiger partial charge in [-0.2, -0.15) is 0 Å². The van der Waals surface area contributed by atoms with Crippen molar-refractivity contribution in [1.29, 1.82) is 0 Å². The fourth-order valence-electron chi connectivity index (χ4n) is 2.47. The molecule has 3 nitrogen and oxygen atoms in total. The number of aromatic nitrogens is 2. The number of rotatable bonds is 1. The Morgan fingerprint density at radius 2 is 2.11 bits per heavy atom. The van der Waals surface area contributed by atoms with Crippen LogP contribution in [0, 0.1) is 6.92 Å². The summed E-state index contributed by atoms with van der Waals surface area (Å²) in [5, 5.41) is 3.43. The maximum absolute atomic E-state index is 4.74. The van der Waals surface area contributed by atoms with Crippen molar-refractivity contribution in [3.05, 3.63) is 29.6 Å². The molecule has 0 radical (unpaired) electrons. The molecule has 0 bridgehead atoms. The molecule has 0 aliphatic carbocycles. The molecule has 3 rings (SSSR count). The number of halogens is 2. The first kappa shape index (κ1) is 15.3. The summed E-state index contributed by atoms with van der Waals surface area (Å²) in [7, 11) is 0. The minimum atomic E-state index is 0. The maximum atomic E-state index is 4.74. The third-order valence-corrected chi connectivity index (χ3v) is 3.42. The molecule has 1 aliphatic rings. The lowest BCUT2D eigenvalue weighted by molar-refractivity contribution is 0.449. The van der Waals surface area contributed by atoms with Crippen molar-refractivity contribution in [2.24, 2.45) is 0 Å². The van der Waals surface area contributed by atoms with Gasteiger partial charge in [0.25, 0.3) is 0 Å². The summed E-state index contributed by atoms with van der Waals surface area (Å²) < 4.78 is 0. The minimum Gasteiger partial charge on any atom is -0.342 e. The first-order valence-corrected chi connectivity index (χ1v) is 6.00. The Bertz CT molecular complexity index is 504. The summed E-state index contributed by atoms with van der Waals surface area (Å²) in [6.45, 7) is 4.32. The van der Waals surface area contributed by atoms with E-state index in [1.165, 1.54) is 23.9 Å².